The molecule has 1 amide bonds. The van der Waals surface area contributed by atoms with Crippen LogP contribution >= 0.6 is 0 Å². The molecule has 0 radical (unpaired) electrons. The van der Waals surface area contributed by atoms with Crippen molar-refractivity contribution in [2.75, 3.05) is 13.1 Å². The minimum absolute atomic E-state index is 0.230. The van der Waals surface area contributed by atoms with Crippen molar-refractivity contribution in [3.8, 4) is 0 Å². The van der Waals surface area contributed by atoms with Gasteiger partial charge < -0.3 is 4.90 Å². The Balaban J connectivity index is 2.80. The molecule has 0 saturated carbocycles. The number of carbonyl (C=O) groups excluding carboxylic acids is 1. The lowest BCUT2D eigenvalue weighted by Crippen LogP contribution is -2.37. The molecule has 14 heavy (non-hydrogen) atoms. The highest BCUT2D eigenvalue weighted by Gasteiger charge is 2.43. The Kier molecular flexibility index (Phi) is 3.23. The number of carbonyl (C=O) groups is 1. The van der Waals surface area contributed by atoms with Crippen LogP contribution in [0.15, 0.2) is 0 Å². The first-order valence-corrected chi connectivity index (χ1v) is 5.65. The van der Waals surface area contributed by atoms with Crippen molar-refractivity contribution in [1.82, 2.24) is 4.90 Å². The van der Waals surface area contributed by atoms with Crippen molar-refractivity contribution >= 4 is 5.91 Å². The molecule has 1 aliphatic rings. The van der Waals surface area contributed by atoms with Gasteiger partial charge in [-0.2, -0.15) is 0 Å². The second kappa shape index (κ2) is 3.92. The Labute approximate surface area is 87.7 Å². The molecule has 82 valence electrons. The van der Waals surface area contributed by atoms with Gasteiger partial charge in [-0.05, 0) is 23.7 Å². The molecule has 0 aromatic rings. The van der Waals surface area contributed by atoms with Gasteiger partial charge in [0.2, 0.25) is 5.91 Å². The monoisotopic (exact) mass is 197 g/mol. The van der Waals surface area contributed by atoms with E-state index < -0.39 is 0 Å². The molecule has 1 aliphatic heterocycles. The molecule has 1 fully saturated rings. The molecule has 1 saturated heterocycles. The van der Waals surface area contributed by atoms with E-state index in [2.05, 4.69) is 27.7 Å². The van der Waals surface area contributed by atoms with Gasteiger partial charge in [0, 0.05) is 20.0 Å². The summed E-state index contributed by atoms with van der Waals surface area (Å²) in [4.78, 5) is 13.3. The summed E-state index contributed by atoms with van der Waals surface area (Å²) in [5.41, 5.74) is 0.353. The lowest BCUT2D eigenvalue weighted by atomic mass is 9.68. The largest absolute Gasteiger partial charge is 0.342 e. The third-order valence-corrected chi connectivity index (χ3v) is 4.08. The normalized spacial score (nSPS) is 20.9. The quantitative estimate of drug-likeness (QED) is 0.666. The predicted molar refractivity (Wildman–Crippen MR) is 59.0 cm³/mol. The van der Waals surface area contributed by atoms with Crippen LogP contribution in [0.3, 0.4) is 0 Å². The van der Waals surface area contributed by atoms with Crippen LogP contribution in [0.25, 0.3) is 0 Å². The molecule has 1 rings (SSSR count). The van der Waals surface area contributed by atoms with Crippen molar-refractivity contribution in [3.63, 3.8) is 0 Å². The first-order valence-electron chi connectivity index (χ1n) is 5.65. The van der Waals surface area contributed by atoms with Gasteiger partial charge in [0.05, 0.1) is 0 Å². The molecular weight excluding hydrogens is 174 g/mol. The fourth-order valence-electron chi connectivity index (χ4n) is 2.73. The van der Waals surface area contributed by atoms with E-state index in [1.54, 1.807) is 6.92 Å². The smallest absolute Gasteiger partial charge is 0.219 e. The van der Waals surface area contributed by atoms with E-state index in [4.69, 9.17) is 0 Å². The average Bonchev–Trinajstić information content (AvgIpc) is 2.48. The summed E-state index contributed by atoms with van der Waals surface area (Å²) in [6, 6.07) is 0. The summed E-state index contributed by atoms with van der Waals surface area (Å²) < 4.78 is 0. The number of likely N-dealkylation sites (tertiary alicyclic amines) is 1. The standard InChI is InChI=1S/C12H23NO/c1-9(2)12(10(3)4)6-7-13(8-12)11(5)14/h9-10H,6-8H2,1-5H3. The van der Waals surface area contributed by atoms with Gasteiger partial charge in [0.1, 0.15) is 0 Å². The van der Waals surface area contributed by atoms with E-state index in [1.807, 2.05) is 4.90 Å². The summed E-state index contributed by atoms with van der Waals surface area (Å²) in [6.07, 6.45) is 1.17. The van der Waals surface area contributed by atoms with Crippen LogP contribution in [-0.4, -0.2) is 23.9 Å². The fourth-order valence-corrected chi connectivity index (χ4v) is 2.73. The van der Waals surface area contributed by atoms with Gasteiger partial charge in [-0.1, -0.05) is 27.7 Å². The molecular formula is C12H23NO. The Bertz CT molecular complexity index is 212. The molecule has 0 aliphatic carbocycles. The highest BCUT2D eigenvalue weighted by molar-refractivity contribution is 5.73. The summed E-state index contributed by atoms with van der Waals surface area (Å²) in [7, 11) is 0. The van der Waals surface area contributed by atoms with Gasteiger partial charge in [-0.15, -0.1) is 0 Å². The van der Waals surface area contributed by atoms with Gasteiger partial charge in [0.15, 0.2) is 0 Å². The molecule has 0 bridgehead atoms. The minimum Gasteiger partial charge on any atom is -0.342 e. The van der Waals surface area contributed by atoms with Crippen molar-refractivity contribution in [1.29, 1.82) is 0 Å². The fraction of sp³-hybridized carbons (Fsp3) is 0.917. The van der Waals surface area contributed by atoms with E-state index in [0.717, 1.165) is 13.1 Å². The lowest BCUT2D eigenvalue weighted by molar-refractivity contribution is -0.128. The predicted octanol–water partition coefficient (Wildman–Crippen LogP) is 2.54. The molecule has 2 nitrogen and oxygen atoms in total. The Morgan fingerprint density at radius 3 is 1.93 bits per heavy atom. The van der Waals surface area contributed by atoms with Crippen LogP contribution < -0.4 is 0 Å². The number of hydrogen-bond acceptors (Lipinski definition) is 1. The molecule has 0 atom stereocenters. The lowest BCUT2D eigenvalue weighted by Gasteiger charge is -2.37. The zero-order chi connectivity index (χ0) is 10.9. The second-order valence-corrected chi connectivity index (χ2v) is 5.23. The molecule has 0 aromatic heterocycles. The molecule has 2 heteroatoms. The van der Waals surface area contributed by atoms with E-state index >= 15 is 0 Å². The zero-order valence-electron chi connectivity index (χ0n) is 10.1. The first-order chi connectivity index (χ1) is 6.40. The van der Waals surface area contributed by atoms with Gasteiger partial charge in [-0.3, -0.25) is 4.79 Å². The third-order valence-electron chi connectivity index (χ3n) is 4.08. The maximum Gasteiger partial charge on any atom is 0.219 e. The summed E-state index contributed by atoms with van der Waals surface area (Å²) in [5.74, 6) is 1.55. The summed E-state index contributed by atoms with van der Waals surface area (Å²) in [6.45, 7) is 12.7. The maximum absolute atomic E-state index is 11.3. The summed E-state index contributed by atoms with van der Waals surface area (Å²) >= 11 is 0. The topological polar surface area (TPSA) is 20.3 Å². The average molecular weight is 197 g/mol. The number of amides is 1. The Hall–Kier alpha value is -0.530. The summed E-state index contributed by atoms with van der Waals surface area (Å²) in [5, 5.41) is 0. The van der Waals surface area contributed by atoms with E-state index in [0.29, 0.717) is 17.3 Å². The number of nitrogens with zero attached hydrogens (tertiary/aromatic N) is 1. The van der Waals surface area contributed by atoms with Crippen LogP contribution in [0.5, 0.6) is 0 Å². The van der Waals surface area contributed by atoms with E-state index in [1.165, 1.54) is 6.42 Å². The van der Waals surface area contributed by atoms with Gasteiger partial charge in [-0.25, -0.2) is 0 Å². The Morgan fingerprint density at radius 1 is 1.21 bits per heavy atom. The van der Waals surface area contributed by atoms with Gasteiger partial charge >= 0.3 is 0 Å². The number of rotatable bonds is 2. The molecule has 1 heterocycles. The highest BCUT2D eigenvalue weighted by atomic mass is 16.2. The van der Waals surface area contributed by atoms with Crippen LogP contribution in [-0.2, 0) is 4.79 Å². The molecule has 0 unspecified atom stereocenters. The van der Waals surface area contributed by atoms with E-state index in [-0.39, 0.29) is 5.91 Å². The van der Waals surface area contributed by atoms with Crippen LogP contribution in [0.4, 0.5) is 0 Å². The van der Waals surface area contributed by atoms with Gasteiger partial charge in [0.25, 0.3) is 0 Å². The minimum atomic E-state index is 0.230. The van der Waals surface area contributed by atoms with Crippen molar-refractivity contribution < 1.29 is 4.79 Å². The molecule has 0 N–H and O–H groups in total. The first kappa shape index (κ1) is 11.5. The maximum atomic E-state index is 11.3. The van der Waals surface area contributed by atoms with Crippen molar-refractivity contribution in [3.05, 3.63) is 0 Å². The SMILES string of the molecule is CC(=O)N1CCC(C(C)C)(C(C)C)C1. The van der Waals surface area contributed by atoms with Crippen LogP contribution in [0.2, 0.25) is 0 Å². The third kappa shape index (κ3) is 1.79. The highest BCUT2D eigenvalue weighted by Crippen LogP contribution is 2.44. The zero-order valence-corrected chi connectivity index (χ0v) is 10.1. The number of hydrogen-bond donors (Lipinski definition) is 0. The van der Waals surface area contributed by atoms with Crippen molar-refractivity contribution in [2.24, 2.45) is 17.3 Å². The van der Waals surface area contributed by atoms with Crippen LogP contribution in [0.1, 0.15) is 41.0 Å². The van der Waals surface area contributed by atoms with Crippen molar-refractivity contribution in [2.45, 2.75) is 41.0 Å². The molecule has 0 aromatic carbocycles. The van der Waals surface area contributed by atoms with E-state index in [9.17, 15) is 4.79 Å². The van der Waals surface area contributed by atoms with Crippen LogP contribution in [0, 0.1) is 17.3 Å². The Morgan fingerprint density at radius 2 is 1.71 bits per heavy atom. The molecule has 0 spiro atoms. The second-order valence-electron chi connectivity index (χ2n) is 5.23.